The van der Waals surface area contributed by atoms with Gasteiger partial charge in [-0.1, -0.05) is 103 Å². The number of carbonyl (C=O) groups excluding carboxylic acids is 2. The van der Waals surface area contributed by atoms with Crippen molar-refractivity contribution in [3.8, 4) is 0 Å². The number of esters is 1. The second-order valence-corrected chi connectivity index (χ2v) is 7.40. The molecule has 26 heavy (non-hydrogen) atoms. The number of hydrogen-bond acceptors (Lipinski definition) is 3. The standard InChI is InChI=1S/C22H42O3.Al.3H/c1-3-4-5-6-7-8-9-10-11-12-13-14-15-16-17-18-19-25-22(24)20-21(2)23;;;;/h3-20H2,1-2H3;;;;. The second-order valence-electron chi connectivity index (χ2n) is 7.40. The minimum atomic E-state index is -0.381. The third kappa shape index (κ3) is 23.7. The summed E-state index contributed by atoms with van der Waals surface area (Å²) < 4.78 is 5.01. The van der Waals surface area contributed by atoms with Crippen LogP contribution in [0.1, 0.15) is 123 Å². The zero-order valence-corrected chi connectivity index (χ0v) is 17.0. The molecule has 0 aromatic carbocycles. The van der Waals surface area contributed by atoms with Gasteiger partial charge in [-0.2, -0.15) is 0 Å². The number of ether oxygens (including phenoxy) is 1. The minimum Gasteiger partial charge on any atom is -0.465 e. The maximum atomic E-state index is 11.2. The summed E-state index contributed by atoms with van der Waals surface area (Å²) >= 11 is 0. The molecule has 4 heteroatoms. The third-order valence-electron chi connectivity index (χ3n) is 4.65. The van der Waals surface area contributed by atoms with E-state index in [0.29, 0.717) is 6.61 Å². The highest BCUT2D eigenvalue weighted by molar-refractivity contribution is 5.94. The van der Waals surface area contributed by atoms with Crippen LogP contribution in [0.3, 0.4) is 0 Å². The van der Waals surface area contributed by atoms with E-state index in [1.165, 1.54) is 96.8 Å². The second kappa shape index (κ2) is 22.7. The smallest absolute Gasteiger partial charge is 0.313 e. The van der Waals surface area contributed by atoms with Gasteiger partial charge in [-0.25, -0.2) is 0 Å². The molecule has 0 bridgehead atoms. The zero-order chi connectivity index (χ0) is 18.6. The van der Waals surface area contributed by atoms with E-state index < -0.39 is 0 Å². The molecular formula is C22H45AlO3. The maximum Gasteiger partial charge on any atom is 0.313 e. The molecule has 0 aliphatic rings. The SMILES string of the molecule is CCCCCCCCCCCCCCCCCCOC(=O)CC(C)=O.[AlH3]. The van der Waals surface area contributed by atoms with Crippen LogP contribution in [0.4, 0.5) is 0 Å². The van der Waals surface area contributed by atoms with Gasteiger partial charge >= 0.3 is 5.97 Å². The van der Waals surface area contributed by atoms with E-state index in [1.54, 1.807) is 0 Å². The summed E-state index contributed by atoms with van der Waals surface area (Å²) in [5, 5.41) is 0. The lowest BCUT2D eigenvalue weighted by Crippen LogP contribution is -2.09. The van der Waals surface area contributed by atoms with Gasteiger partial charge in [0, 0.05) is 0 Å². The molecule has 0 aliphatic carbocycles. The molecule has 0 saturated carbocycles. The van der Waals surface area contributed by atoms with E-state index in [-0.39, 0.29) is 35.5 Å². The Morgan fingerprint density at radius 2 is 0.962 bits per heavy atom. The Bertz CT molecular complexity index is 319. The van der Waals surface area contributed by atoms with Crippen LogP contribution in [0, 0.1) is 0 Å². The lowest BCUT2D eigenvalue weighted by Gasteiger charge is -2.04. The molecule has 0 N–H and O–H groups in total. The van der Waals surface area contributed by atoms with Crippen LogP contribution in [0.25, 0.3) is 0 Å². The number of rotatable bonds is 19. The molecule has 0 rings (SSSR count). The molecule has 0 radical (unpaired) electrons. The van der Waals surface area contributed by atoms with Gasteiger partial charge in [-0.3, -0.25) is 9.59 Å². The van der Waals surface area contributed by atoms with Crippen LogP contribution < -0.4 is 0 Å². The summed E-state index contributed by atoms with van der Waals surface area (Å²) in [6.45, 7) is 4.15. The lowest BCUT2D eigenvalue weighted by molar-refractivity contribution is -0.145. The molecule has 0 aromatic rings. The fourth-order valence-corrected chi connectivity index (χ4v) is 3.09. The molecule has 0 aromatic heterocycles. The van der Waals surface area contributed by atoms with Gasteiger partial charge in [-0.15, -0.1) is 0 Å². The van der Waals surface area contributed by atoms with Crippen molar-refractivity contribution in [2.75, 3.05) is 6.61 Å². The van der Waals surface area contributed by atoms with Crippen molar-refractivity contribution in [2.45, 2.75) is 123 Å². The molecule has 0 saturated heterocycles. The van der Waals surface area contributed by atoms with E-state index >= 15 is 0 Å². The number of hydrogen-bond donors (Lipinski definition) is 0. The first-order chi connectivity index (χ1) is 12.2. The Balaban J connectivity index is 0. The Morgan fingerprint density at radius 3 is 1.31 bits per heavy atom. The monoisotopic (exact) mass is 384 g/mol. The van der Waals surface area contributed by atoms with Crippen molar-refractivity contribution >= 4 is 29.1 Å². The first kappa shape index (κ1) is 27.9. The highest BCUT2D eigenvalue weighted by atomic mass is 27.0. The normalized spacial score (nSPS) is 10.4. The van der Waals surface area contributed by atoms with Crippen LogP contribution in [0.5, 0.6) is 0 Å². The van der Waals surface area contributed by atoms with Crippen molar-refractivity contribution < 1.29 is 14.3 Å². The Labute approximate surface area is 173 Å². The van der Waals surface area contributed by atoms with Crippen molar-refractivity contribution in [1.29, 1.82) is 0 Å². The van der Waals surface area contributed by atoms with Gasteiger partial charge in [0.25, 0.3) is 0 Å². The van der Waals surface area contributed by atoms with Gasteiger partial charge in [0.05, 0.1) is 6.61 Å². The van der Waals surface area contributed by atoms with E-state index in [1.807, 2.05) is 0 Å². The van der Waals surface area contributed by atoms with Crippen LogP contribution >= 0.6 is 0 Å². The Kier molecular flexibility index (Phi) is 24.4. The first-order valence-electron chi connectivity index (χ1n) is 10.8. The van der Waals surface area contributed by atoms with E-state index in [9.17, 15) is 9.59 Å². The number of unbranched alkanes of at least 4 members (excludes halogenated alkanes) is 15. The summed E-state index contributed by atoms with van der Waals surface area (Å²) in [6, 6.07) is 0. The van der Waals surface area contributed by atoms with Gasteiger partial charge < -0.3 is 4.74 Å². The van der Waals surface area contributed by atoms with Crippen molar-refractivity contribution in [3.05, 3.63) is 0 Å². The van der Waals surface area contributed by atoms with Crippen molar-refractivity contribution in [2.24, 2.45) is 0 Å². The van der Waals surface area contributed by atoms with E-state index in [0.717, 1.165) is 12.8 Å². The fraction of sp³-hybridized carbons (Fsp3) is 0.909. The van der Waals surface area contributed by atoms with Crippen molar-refractivity contribution in [1.82, 2.24) is 0 Å². The summed E-state index contributed by atoms with van der Waals surface area (Å²) in [5.41, 5.74) is 0. The Hall–Kier alpha value is -0.328. The molecule has 0 spiro atoms. The average molecular weight is 385 g/mol. The summed E-state index contributed by atoms with van der Waals surface area (Å²) in [4.78, 5) is 21.9. The summed E-state index contributed by atoms with van der Waals surface area (Å²) in [5.74, 6) is -0.509. The molecule has 0 atom stereocenters. The van der Waals surface area contributed by atoms with E-state index in [4.69, 9.17) is 4.74 Å². The number of carbonyl (C=O) groups is 2. The highest BCUT2D eigenvalue weighted by Gasteiger charge is 2.05. The van der Waals surface area contributed by atoms with Crippen LogP contribution in [0.15, 0.2) is 0 Å². The van der Waals surface area contributed by atoms with Gasteiger partial charge in [0.15, 0.2) is 17.4 Å². The molecule has 0 heterocycles. The lowest BCUT2D eigenvalue weighted by atomic mass is 10.0. The van der Waals surface area contributed by atoms with E-state index in [2.05, 4.69) is 6.92 Å². The topological polar surface area (TPSA) is 43.4 Å². The maximum absolute atomic E-state index is 11.2. The molecular weight excluding hydrogens is 339 g/mol. The third-order valence-corrected chi connectivity index (χ3v) is 4.65. The van der Waals surface area contributed by atoms with Gasteiger partial charge in [0.1, 0.15) is 12.2 Å². The van der Waals surface area contributed by atoms with Crippen LogP contribution in [-0.4, -0.2) is 35.7 Å². The highest BCUT2D eigenvalue weighted by Crippen LogP contribution is 2.13. The van der Waals surface area contributed by atoms with Crippen LogP contribution in [-0.2, 0) is 14.3 Å². The summed E-state index contributed by atoms with van der Waals surface area (Å²) in [6.07, 6.45) is 21.3. The molecule has 154 valence electrons. The zero-order valence-electron chi connectivity index (χ0n) is 17.0. The largest absolute Gasteiger partial charge is 0.465 e. The van der Waals surface area contributed by atoms with Crippen LogP contribution in [0.2, 0.25) is 0 Å². The average Bonchev–Trinajstić information content (AvgIpc) is 2.57. The molecule has 0 unspecified atom stereocenters. The fourth-order valence-electron chi connectivity index (χ4n) is 3.09. The predicted octanol–water partition coefficient (Wildman–Crippen LogP) is 5.59. The molecule has 0 aliphatic heterocycles. The van der Waals surface area contributed by atoms with Gasteiger partial charge in [-0.05, 0) is 13.3 Å². The predicted molar refractivity (Wildman–Crippen MR) is 116 cm³/mol. The van der Waals surface area contributed by atoms with Gasteiger partial charge in [0.2, 0.25) is 0 Å². The quantitative estimate of drug-likeness (QED) is 0.126. The molecule has 0 fully saturated rings. The first-order valence-corrected chi connectivity index (χ1v) is 10.8. The molecule has 0 amide bonds. The minimum absolute atomic E-state index is 0. The number of ketones is 1. The summed E-state index contributed by atoms with van der Waals surface area (Å²) in [7, 11) is 0. The number of Topliss-reactive ketones (excluding diaryl/α,β-unsaturated/α-hetero) is 1. The Morgan fingerprint density at radius 1 is 0.615 bits per heavy atom. The molecule has 3 nitrogen and oxygen atoms in total. The van der Waals surface area contributed by atoms with Crippen molar-refractivity contribution in [3.63, 3.8) is 0 Å².